The minimum absolute atomic E-state index is 0.202. The van der Waals surface area contributed by atoms with E-state index in [9.17, 15) is 4.79 Å². The van der Waals surface area contributed by atoms with Gasteiger partial charge in [-0.1, -0.05) is 11.6 Å². The first-order valence-corrected chi connectivity index (χ1v) is 3.89. The summed E-state index contributed by atoms with van der Waals surface area (Å²) in [6, 6.07) is 1.14. The quantitative estimate of drug-likeness (QED) is 0.695. The molecule has 1 atom stereocenters. The summed E-state index contributed by atoms with van der Waals surface area (Å²) in [7, 11) is 1.54. The molecule has 0 aliphatic carbocycles. The SMILES string of the molecule is CC(N)c1cc(=O)n(C)nc1Cl. The van der Waals surface area contributed by atoms with E-state index in [1.165, 1.54) is 10.7 Å². The summed E-state index contributed by atoms with van der Waals surface area (Å²) >= 11 is 5.75. The van der Waals surface area contributed by atoms with Crippen molar-refractivity contribution in [2.45, 2.75) is 13.0 Å². The van der Waals surface area contributed by atoms with Crippen LogP contribution in [0.5, 0.6) is 0 Å². The molecule has 66 valence electrons. The Balaban J connectivity index is 3.33. The standard InChI is InChI=1S/C7H10ClN3O/c1-4(9)5-3-6(12)11(2)10-7(5)8/h3-4H,9H2,1-2H3. The van der Waals surface area contributed by atoms with E-state index in [1.54, 1.807) is 14.0 Å². The van der Waals surface area contributed by atoms with Gasteiger partial charge in [-0.05, 0) is 6.92 Å². The highest BCUT2D eigenvalue weighted by molar-refractivity contribution is 6.30. The summed E-state index contributed by atoms with van der Waals surface area (Å²) < 4.78 is 1.17. The Kier molecular flexibility index (Phi) is 2.49. The number of hydrogen-bond acceptors (Lipinski definition) is 3. The number of nitrogens with zero attached hydrogens (tertiary/aromatic N) is 2. The predicted molar refractivity (Wildman–Crippen MR) is 47.1 cm³/mol. The van der Waals surface area contributed by atoms with Gasteiger partial charge in [-0.3, -0.25) is 4.79 Å². The van der Waals surface area contributed by atoms with Gasteiger partial charge >= 0.3 is 0 Å². The molecule has 0 aromatic carbocycles. The second kappa shape index (κ2) is 3.25. The van der Waals surface area contributed by atoms with Gasteiger partial charge in [0.05, 0.1) is 0 Å². The molecule has 1 aromatic rings. The Morgan fingerprint density at radius 2 is 2.33 bits per heavy atom. The molecule has 1 aromatic heterocycles. The third-order valence-electron chi connectivity index (χ3n) is 1.56. The van der Waals surface area contributed by atoms with Gasteiger partial charge in [-0.2, -0.15) is 5.10 Å². The van der Waals surface area contributed by atoms with Crippen molar-refractivity contribution < 1.29 is 0 Å². The van der Waals surface area contributed by atoms with Crippen LogP contribution in [0.25, 0.3) is 0 Å². The largest absolute Gasteiger partial charge is 0.324 e. The van der Waals surface area contributed by atoms with E-state index in [0.29, 0.717) is 5.56 Å². The van der Waals surface area contributed by atoms with E-state index in [2.05, 4.69) is 5.10 Å². The molecule has 4 nitrogen and oxygen atoms in total. The average molecular weight is 188 g/mol. The highest BCUT2D eigenvalue weighted by Gasteiger charge is 2.08. The molecule has 0 aliphatic heterocycles. The summed E-state index contributed by atoms with van der Waals surface area (Å²) in [5.74, 6) is 0. The molecule has 0 saturated carbocycles. The van der Waals surface area contributed by atoms with Crippen molar-refractivity contribution in [3.05, 3.63) is 27.1 Å². The molecule has 0 fully saturated rings. The molecule has 12 heavy (non-hydrogen) atoms. The number of aryl methyl sites for hydroxylation is 1. The van der Waals surface area contributed by atoms with Gasteiger partial charge in [0.15, 0.2) is 5.15 Å². The molecular weight excluding hydrogens is 178 g/mol. The molecule has 0 radical (unpaired) electrons. The smallest absolute Gasteiger partial charge is 0.266 e. The summed E-state index contributed by atoms with van der Waals surface area (Å²) in [4.78, 5) is 11.1. The highest BCUT2D eigenvalue weighted by Crippen LogP contribution is 2.15. The van der Waals surface area contributed by atoms with Gasteiger partial charge in [-0.25, -0.2) is 4.68 Å². The zero-order valence-corrected chi connectivity index (χ0v) is 7.67. The van der Waals surface area contributed by atoms with E-state index in [0.717, 1.165) is 0 Å². The van der Waals surface area contributed by atoms with E-state index in [-0.39, 0.29) is 16.8 Å². The van der Waals surface area contributed by atoms with E-state index >= 15 is 0 Å². The number of halogens is 1. The summed E-state index contributed by atoms with van der Waals surface area (Å²) in [5, 5.41) is 4.07. The zero-order chi connectivity index (χ0) is 9.30. The lowest BCUT2D eigenvalue weighted by atomic mass is 10.2. The second-order valence-corrected chi connectivity index (χ2v) is 3.00. The topological polar surface area (TPSA) is 60.9 Å². The molecule has 5 heteroatoms. The van der Waals surface area contributed by atoms with Gasteiger partial charge in [-0.15, -0.1) is 0 Å². The second-order valence-electron chi connectivity index (χ2n) is 2.64. The normalized spacial score (nSPS) is 13.0. The maximum Gasteiger partial charge on any atom is 0.266 e. The molecule has 0 aliphatic rings. The first-order chi connectivity index (χ1) is 5.52. The van der Waals surface area contributed by atoms with Crippen molar-refractivity contribution in [2.75, 3.05) is 0 Å². The average Bonchev–Trinajstić information content (AvgIpc) is 1.96. The van der Waals surface area contributed by atoms with Crippen LogP contribution in [0.3, 0.4) is 0 Å². The fourth-order valence-corrected chi connectivity index (χ4v) is 1.18. The van der Waals surface area contributed by atoms with E-state index < -0.39 is 0 Å². The Morgan fingerprint density at radius 3 is 2.83 bits per heavy atom. The lowest BCUT2D eigenvalue weighted by Crippen LogP contribution is -2.22. The maximum atomic E-state index is 11.1. The highest BCUT2D eigenvalue weighted by atomic mass is 35.5. The van der Waals surface area contributed by atoms with Crippen molar-refractivity contribution in [3.63, 3.8) is 0 Å². The van der Waals surface area contributed by atoms with Gasteiger partial charge < -0.3 is 5.73 Å². The van der Waals surface area contributed by atoms with E-state index in [4.69, 9.17) is 17.3 Å². The van der Waals surface area contributed by atoms with Crippen molar-refractivity contribution in [3.8, 4) is 0 Å². The Morgan fingerprint density at radius 1 is 1.75 bits per heavy atom. The lowest BCUT2D eigenvalue weighted by Gasteiger charge is -2.06. The first kappa shape index (κ1) is 9.22. The number of rotatable bonds is 1. The van der Waals surface area contributed by atoms with Gasteiger partial charge in [0.1, 0.15) is 0 Å². The molecule has 0 amide bonds. The molecule has 0 spiro atoms. The van der Waals surface area contributed by atoms with E-state index in [1.807, 2.05) is 0 Å². The monoisotopic (exact) mass is 187 g/mol. The van der Waals surface area contributed by atoms with Crippen LogP contribution in [0.2, 0.25) is 5.15 Å². The Hall–Kier alpha value is -0.870. The molecule has 0 saturated heterocycles. The summed E-state index contributed by atoms with van der Waals surface area (Å²) in [6.45, 7) is 1.75. The third-order valence-corrected chi connectivity index (χ3v) is 1.86. The fraction of sp³-hybridized carbons (Fsp3) is 0.429. The number of aromatic nitrogens is 2. The van der Waals surface area contributed by atoms with Crippen LogP contribution in [-0.4, -0.2) is 9.78 Å². The Labute approximate surface area is 74.9 Å². The van der Waals surface area contributed by atoms with Crippen molar-refractivity contribution in [2.24, 2.45) is 12.8 Å². The minimum Gasteiger partial charge on any atom is -0.324 e. The van der Waals surface area contributed by atoms with Crippen LogP contribution >= 0.6 is 11.6 Å². The lowest BCUT2D eigenvalue weighted by molar-refractivity contribution is 0.685. The summed E-state index contributed by atoms with van der Waals surface area (Å²) in [6.07, 6.45) is 0. The summed E-state index contributed by atoms with van der Waals surface area (Å²) in [5.41, 5.74) is 5.94. The molecule has 2 N–H and O–H groups in total. The third kappa shape index (κ3) is 1.65. The predicted octanol–water partition coefficient (Wildman–Crippen LogP) is 0.453. The zero-order valence-electron chi connectivity index (χ0n) is 6.91. The molecule has 0 bridgehead atoms. The van der Waals surface area contributed by atoms with Gasteiger partial charge in [0, 0.05) is 24.7 Å². The van der Waals surface area contributed by atoms with Crippen molar-refractivity contribution in [1.82, 2.24) is 9.78 Å². The molecular formula is C7H10ClN3O. The molecule has 1 rings (SSSR count). The fourth-order valence-electron chi connectivity index (χ4n) is 0.844. The van der Waals surface area contributed by atoms with Crippen molar-refractivity contribution in [1.29, 1.82) is 0 Å². The van der Waals surface area contributed by atoms with Crippen molar-refractivity contribution >= 4 is 11.6 Å². The first-order valence-electron chi connectivity index (χ1n) is 3.51. The Bertz CT molecular complexity index is 345. The van der Waals surface area contributed by atoms with Gasteiger partial charge in [0.2, 0.25) is 0 Å². The van der Waals surface area contributed by atoms with Crippen LogP contribution in [0.4, 0.5) is 0 Å². The number of hydrogen-bond donors (Lipinski definition) is 1. The van der Waals surface area contributed by atoms with Crippen LogP contribution in [0, 0.1) is 0 Å². The van der Waals surface area contributed by atoms with Gasteiger partial charge in [0.25, 0.3) is 5.56 Å². The molecule has 1 heterocycles. The van der Waals surface area contributed by atoms with Crippen LogP contribution in [0.15, 0.2) is 10.9 Å². The minimum atomic E-state index is -0.265. The van der Waals surface area contributed by atoms with Crippen LogP contribution < -0.4 is 11.3 Å². The molecule has 1 unspecified atom stereocenters. The van der Waals surface area contributed by atoms with Crippen LogP contribution in [0.1, 0.15) is 18.5 Å². The van der Waals surface area contributed by atoms with Crippen LogP contribution in [-0.2, 0) is 7.05 Å². The maximum absolute atomic E-state index is 11.1. The number of nitrogens with two attached hydrogens (primary N) is 1.